The summed E-state index contributed by atoms with van der Waals surface area (Å²) in [6.45, 7) is 0. The number of hydrogen-bond donors (Lipinski definition) is 1. The van der Waals surface area contributed by atoms with E-state index in [9.17, 15) is 26.0 Å². The topological polar surface area (TPSA) is 85.1 Å². The number of anilines is 1. The van der Waals surface area contributed by atoms with Gasteiger partial charge < -0.3 is 0 Å². The summed E-state index contributed by atoms with van der Waals surface area (Å²) in [6.07, 6.45) is 0. The van der Waals surface area contributed by atoms with Crippen molar-refractivity contribution >= 4 is 26.7 Å². The Morgan fingerprint density at radius 3 is 2.30 bits per heavy atom. The third-order valence-corrected chi connectivity index (χ3v) is 4.27. The van der Waals surface area contributed by atoms with Gasteiger partial charge in [-0.25, -0.2) is 30.6 Å². The Hall–Kier alpha value is -2.69. The average Bonchev–Trinajstić information content (AvgIpc) is 2.98. The molecule has 0 saturated carbocycles. The minimum Gasteiger partial charge on any atom is -0.274 e. The highest BCUT2D eigenvalue weighted by atomic mass is 32.2. The molecule has 0 radical (unpaired) electrons. The van der Waals surface area contributed by atoms with Gasteiger partial charge in [0.15, 0.2) is 28.8 Å². The predicted molar refractivity (Wildman–Crippen MR) is 68.9 cm³/mol. The Morgan fingerprint density at radius 2 is 1.65 bits per heavy atom. The number of halogens is 4. The molecule has 120 valence electrons. The molecule has 1 heterocycles. The fourth-order valence-electron chi connectivity index (χ4n) is 1.85. The van der Waals surface area contributed by atoms with Gasteiger partial charge in [-0.05, 0) is 22.4 Å². The standard InChI is InChI=1S/C12H5F4N3O3S/c13-5-4-6(14)10(16)12(9(5)15)19-23(20,21)8-3-1-2-7-11(8)18-22-17-7/h1-4,19H. The zero-order valence-electron chi connectivity index (χ0n) is 10.8. The fraction of sp³-hybridized carbons (Fsp3) is 0. The molecule has 3 aromatic rings. The lowest BCUT2D eigenvalue weighted by Gasteiger charge is -2.10. The maximum Gasteiger partial charge on any atom is 0.264 e. The first-order chi connectivity index (χ1) is 10.8. The fourth-order valence-corrected chi connectivity index (χ4v) is 3.06. The Morgan fingerprint density at radius 1 is 1.00 bits per heavy atom. The highest BCUT2D eigenvalue weighted by molar-refractivity contribution is 7.93. The zero-order chi connectivity index (χ0) is 16.8. The number of sulfonamides is 1. The van der Waals surface area contributed by atoms with E-state index in [1.807, 2.05) is 0 Å². The van der Waals surface area contributed by atoms with E-state index in [4.69, 9.17) is 0 Å². The van der Waals surface area contributed by atoms with Crippen molar-refractivity contribution in [3.63, 3.8) is 0 Å². The largest absolute Gasteiger partial charge is 0.274 e. The van der Waals surface area contributed by atoms with Gasteiger partial charge in [-0.3, -0.25) is 4.72 Å². The molecule has 1 aromatic heterocycles. The van der Waals surface area contributed by atoms with Crippen LogP contribution in [0.25, 0.3) is 11.0 Å². The van der Waals surface area contributed by atoms with E-state index in [2.05, 4.69) is 14.9 Å². The summed E-state index contributed by atoms with van der Waals surface area (Å²) in [4.78, 5) is -0.528. The number of hydrogen-bond acceptors (Lipinski definition) is 5. The molecule has 23 heavy (non-hydrogen) atoms. The number of benzene rings is 2. The number of nitrogens with zero attached hydrogens (tertiary/aromatic N) is 2. The summed E-state index contributed by atoms with van der Waals surface area (Å²) >= 11 is 0. The van der Waals surface area contributed by atoms with Gasteiger partial charge in [0, 0.05) is 6.07 Å². The minimum absolute atomic E-state index is 0.0370. The summed E-state index contributed by atoms with van der Waals surface area (Å²) in [5.74, 6) is -7.25. The van der Waals surface area contributed by atoms with Crippen LogP contribution in [0.2, 0.25) is 0 Å². The van der Waals surface area contributed by atoms with Crippen LogP contribution in [0.15, 0.2) is 33.8 Å². The molecular formula is C12H5F4N3O3S. The monoisotopic (exact) mass is 347 g/mol. The minimum atomic E-state index is -4.61. The van der Waals surface area contributed by atoms with Crippen LogP contribution in [-0.4, -0.2) is 18.7 Å². The van der Waals surface area contributed by atoms with Crippen molar-refractivity contribution in [2.24, 2.45) is 0 Å². The molecule has 1 N–H and O–H groups in total. The Kier molecular flexibility index (Phi) is 3.43. The summed E-state index contributed by atoms with van der Waals surface area (Å²) in [5.41, 5.74) is -1.62. The molecule has 0 bridgehead atoms. The van der Waals surface area contributed by atoms with E-state index in [0.717, 1.165) is 6.07 Å². The second kappa shape index (κ2) is 5.19. The summed E-state index contributed by atoms with van der Waals surface area (Å²) in [5, 5.41) is 6.78. The molecule has 6 nitrogen and oxygen atoms in total. The Bertz CT molecular complexity index is 994. The third kappa shape index (κ3) is 2.48. The maximum absolute atomic E-state index is 13.6. The van der Waals surface area contributed by atoms with Gasteiger partial charge in [-0.2, -0.15) is 0 Å². The number of aromatic nitrogens is 2. The second-order valence-electron chi connectivity index (χ2n) is 4.34. The highest BCUT2D eigenvalue weighted by Crippen LogP contribution is 2.28. The molecule has 0 fully saturated rings. The van der Waals surface area contributed by atoms with Gasteiger partial charge in [-0.1, -0.05) is 6.07 Å². The lowest BCUT2D eigenvalue weighted by Crippen LogP contribution is -2.17. The van der Waals surface area contributed by atoms with Crippen molar-refractivity contribution in [2.75, 3.05) is 4.72 Å². The van der Waals surface area contributed by atoms with Gasteiger partial charge in [-0.15, -0.1) is 0 Å². The van der Waals surface area contributed by atoms with Crippen LogP contribution in [0.1, 0.15) is 0 Å². The van der Waals surface area contributed by atoms with Crippen molar-refractivity contribution in [1.29, 1.82) is 0 Å². The quantitative estimate of drug-likeness (QED) is 0.581. The molecule has 2 aromatic carbocycles. The smallest absolute Gasteiger partial charge is 0.264 e. The summed E-state index contributed by atoms with van der Waals surface area (Å²) in [7, 11) is -4.61. The van der Waals surface area contributed by atoms with Gasteiger partial charge in [0.1, 0.15) is 16.1 Å². The van der Waals surface area contributed by atoms with E-state index in [1.165, 1.54) is 16.9 Å². The number of fused-ring (bicyclic) bond motifs is 1. The molecule has 0 atom stereocenters. The molecule has 0 aliphatic carbocycles. The first-order valence-corrected chi connectivity index (χ1v) is 7.36. The lowest BCUT2D eigenvalue weighted by molar-refractivity contribution is 0.315. The number of nitrogens with one attached hydrogen (secondary N) is 1. The SMILES string of the molecule is O=S(=O)(Nc1c(F)c(F)cc(F)c1F)c1cccc2nonc12. The lowest BCUT2D eigenvalue weighted by atomic mass is 10.3. The van der Waals surface area contributed by atoms with Crippen molar-refractivity contribution in [2.45, 2.75) is 4.90 Å². The Balaban J connectivity index is 2.15. The Labute approximate surface area is 125 Å². The maximum atomic E-state index is 13.6. The summed E-state index contributed by atoms with van der Waals surface area (Å²) < 4.78 is 83.8. The van der Waals surface area contributed by atoms with Crippen LogP contribution in [0, 0.1) is 23.3 Å². The molecule has 0 spiro atoms. The zero-order valence-corrected chi connectivity index (χ0v) is 11.7. The van der Waals surface area contributed by atoms with Crippen LogP contribution in [0.4, 0.5) is 23.2 Å². The van der Waals surface area contributed by atoms with Gasteiger partial charge >= 0.3 is 0 Å². The third-order valence-electron chi connectivity index (χ3n) is 2.89. The molecule has 0 saturated heterocycles. The first kappa shape index (κ1) is 15.2. The van der Waals surface area contributed by atoms with Crippen LogP contribution < -0.4 is 4.72 Å². The normalized spacial score (nSPS) is 11.8. The van der Waals surface area contributed by atoms with Crippen molar-refractivity contribution < 1.29 is 30.6 Å². The van der Waals surface area contributed by atoms with Crippen LogP contribution in [0.3, 0.4) is 0 Å². The van der Waals surface area contributed by atoms with Gasteiger partial charge in [0.25, 0.3) is 10.0 Å². The average molecular weight is 347 g/mol. The van der Waals surface area contributed by atoms with Crippen molar-refractivity contribution in [3.05, 3.63) is 47.5 Å². The second-order valence-corrected chi connectivity index (χ2v) is 5.99. The van der Waals surface area contributed by atoms with E-state index >= 15 is 0 Å². The van der Waals surface area contributed by atoms with E-state index in [-0.39, 0.29) is 17.1 Å². The molecule has 0 unspecified atom stereocenters. The van der Waals surface area contributed by atoms with Crippen LogP contribution in [-0.2, 0) is 10.0 Å². The van der Waals surface area contributed by atoms with Crippen LogP contribution >= 0.6 is 0 Å². The molecule has 0 amide bonds. The van der Waals surface area contributed by atoms with Crippen molar-refractivity contribution in [1.82, 2.24) is 10.3 Å². The van der Waals surface area contributed by atoms with E-state index in [0.29, 0.717) is 0 Å². The van der Waals surface area contributed by atoms with Gasteiger partial charge in [0.2, 0.25) is 0 Å². The van der Waals surface area contributed by atoms with E-state index in [1.54, 1.807) is 0 Å². The number of rotatable bonds is 3. The molecular weight excluding hydrogens is 342 g/mol. The molecule has 3 rings (SSSR count). The molecule has 0 aliphatic heterocycles. The molecule has 0 aliphatic rings. The van der Waals surface area contributed by atoms with Gasteiger partial charge in [0.05, 0.1) is 0 Å². The predicted octanol–water partition coefficient (Wildman–Crippen LogP) is 2.58. The summed E-state index contributed by atoms with van der Waals surface area (Å²) in [6, 6.07) is 3.68. The first-order valence-electron chi connectivity index (χ1n) is 5.88. The van der Waals surface area contributed by atoms with Crippen molar-refractivity contribution in [3.8, 4) is 0 Å². The highest BCUT2D eigenvalue weighted by Gasteiger charge is 2.26. The molecule has 11 heteroatoms. The van der Waals surface area contributed by atoms with E-state index < -0.39 is 43.9 Å². The van der Waals surface area contributed by atoms with Crippen LogP contribution in [0.5, 0.6) is 0 Å².